The molecule has 1 N–H and O–H groups in total. The van der Waals surface area contributed by atoms with Crippen molar-refractivity contribution in [2.45, 2.75) is 37.4 Å². The van der Waals surface area contributed by atoms with E-state index in [1.165, 1.54) is 30.9 Å². The van der Waals surface area contributed by atoms with Crippen molar-refractivity contribution in [3.63, 3.8) is 0 Å². The van der Waals surface area contributed by atoms with E-state index in [0.29, 0.717) is 30.1 Å². The molecule has 7 nitrogen and oxygen atoms in total. The molecule has 1 aromatic carbocycles. The number of hydrogen-bond acceptors (Lipinski definition) is 6. The van der Waals surface area contributed by atoms with Gasteiger partial charge in [-0.1, -0.05) is 0 Å². The molecule has 1 unspecified atom stereocenters. The minimum absolute atomic E-state index is 0.176. The van der Waals surface area contributed by atoms with Crippen LogP contribution in [0.3, 0.4) is 0 Å². The lowest BCUT2D eigenvalue weighted by atomic mass is 9.93. The molecule has 2 aromatic heterocycles. The average molecular weight is 438 g/mol. The first-order valence-electron chi connectivity index (χ1n) is 9.77. The van der Waals surface area contributed by atoms with Gasteiger partial charge in [-0.2, -0.15) is 18.4 Å². The fourth-order valence-corrected chi connectivity index (χ4v) is 3.40. The van der Waals surface area contributed by atoms with Crippen LogP contribution in [0.1, 0.15) is 53.0 Å². The summed E-state index contributed by atoms with van der Waals surface area (Å²) in [6.45, 7) is 1.64. The lowest BCUT2D eigenvalue weighted by molar-refractivity contribution is -0.137. The van der Waals surface area contributed by atoms with Gasteiger partial charge in [0.05, 0.1) is 28.8 Å². The summed E-state index contributed by atoms with van der Waals surface area (Å²) in [6.07, 6.45) is 2.25. The first-order chi connectivity index (χ1) is 15.2. The lowest BCUT2D eigenvalue weighted by Gasteiger charge is -2.18. The Labute approximate surface area is 181 Å². The van der Waals surface area contributed by atoms with Gasteiger partial charge in [0.1, 0.15) is 5.69 Å². The molecule has 2 heterocycles. The molecule has 1 aliphatic rings. The average Bonchev–Trinajstić information content (AvgIpc) is 3.60. The van der Waals surface area contributed by atoms with Crippen molar-refractivity contribution in [3.8, 4) is 17.6 Å². The van der Waals surface area contributed by atoms with E-state index in [9.17, 15) is 23.2 Å². The van der Waals surface area contributed by atoms with Crippen LogP contribution in [0.15, 0.2) is 49.1 Å². The van der Waals surface area contributed by atoms with Crippen molar-refractivity contribution in [1.29, 1.82) is 5.26 Å². The van der Waals surface area contributed by atoms with Gasteiger partial charge in [0.2, 0.25) is 0 Å². The van der Waals surface area contributed by atoms with E-state index < -0.39 is 29.1 Å². The van der Waals surface area contributed by atoms with Crippen LogP contribution < -0.4 is 5.32 Å². The number of benzene rings is 1. The third-order valence-electron chi connectivity index (χ3n) is 5.30. The molecule has 32 heavy (non-hydrogen) atoms. The Kier molecular flexibility index (Phi) is 5.34. The third kappa shape index (κ3) is 4.14. The van der Waals surface area contributed by atoms with Gasteiger partial charge in [0.15, 0.2) is 5.82 Å². The van der Waals surface area contributed by atoms with Crippen LogP contribution in [0.25, 0.3) is 11.5 Å². The largest absolute Gasteiger partial charge is 0.416 e. The number of halogens is 3. The van der Waals surface area contributed by atoms with Gasteiger partial charge in [0.25, 0.3) is 5.91 Å². The molecule has 3 aromatic rings. The van der Waals surface area contributed by atoms with Crippen LogP contribution in [0, 0.1) is 11.3 Å². The molecule has 1 saturated carbocycles. The summed E-state index contributed by atoms with van der Waals surface area (Å²) in [5, 5.41) is 12.1. The molecule has 4 rings (SSSR count). The highest BCUT2D eigenvalue weighted by molar-refractivity contribution is 5.95. The van der Waals surface area contributed by atoms with Crippen LogP contribution in [-0.2, 0) is 11.6 Å². The number of nitrogens with one attached hydrogen (secondary N) is 1. The van der Waals surface area contributed by atoms with E-state index in [2.05, 4.69) is 31.3 Å². The van der Waals surface area contributed by atoms with E-state index in [1.807, 2.05) is 0 Å². The van der Waals surface area contributed by atoms with Gasteiger partial charge in [-0.3, -0.25) is 9.78 Å². The second-order valence-electron chi connectivity index (χ2n) is 7.55. The van der Waals surface area contributed by atoms with E-state index in [-0.39, 0.29) is 11.1 Å². The van der Waals surface area contributed by atoms with Gasteiger partial charge in [0, 0.05) is 30.4 Å². The molecule has 162 valence electrons. The molecule has 10 heteroatoms. The first-order valence-corrected chi connectivity index (χ1v) is 9.77. The number of rotatable bonds is 5. The van der Waals surface area contributed by atoms with Crippen LogP contribution in [-0.4, -0.2) is 25.8 Å². The first kappa shape index (κ1) is 21.4. The number of alkyl halides is 3. The molecule has 0 saturated heterocycles. The molecule has 1 aliphatic carbocycles. The number of hydrogen-bond donors (Lipinski definition) is 1. The summed E-state index contributed by atoms with van der Waals surface area (Å²) in [7, 11) is 0. The van der Waals surface area contributed by atoms with Crippen molar-refractivity contribution in [2.24, 2.45) is 0 Å². The Morgan fingerprint density at radius 1 is 1.09 bits per heavy atom. The summed E-state index contributed by atoms with van der Waals surface area (Å²) in [5.41, 5.74) is -1.19. The summed E-state index contributed by atoms with van der Waals surface area (Å²) < 4.78 is 40.3. The van der Waals surface area contributed by atoms with Gasteiger partial charge >= 0.3 is 6.18 Å². The van der Waals surface area contributed by atoms with Gasteiger partial charge in [-0.05, 0) is 49.6 Å². The van der Waals surface area contributed by atoms with E-state index in [0.717, 1.165) is 12.1 Å². The number of amides is 1. The molecule has 1 atom stereocenters. The number of aromatic nitrogens is 4. The molecule has 1 fully saturated rings. The molecule has 0 radical (unpaired) electrons. The van der Waals surface area contributed by atoms with E-state index >= 15 is 0 Å². The fraction of sp³-hybridized carbons (Fsp3) is 0.273. The highest BCUT2D eigenvalue weighted by Gasteiger charge is 2.46. The topological polar surface area (TPSA) is 104 Å². The maximum Gasteiger partial charge on any atom is 0.416 e. The highest BCUT2D eigenvalue weighted by Crippen LogP contribution is 2.48. The number of carbonyl (C=O) groups is 1. The zero-order valence-corrected chi connectivity index (χ0v) is 16.9. The van der Waals surface area contributed by atoms with Crippen LogP contribution in [0.5, 0.6) is 0 Å². The second kappa shape index (κ2) is 8.00. The Bertz CT molecular complexity index is 1200. The highest BCUT2D eigenvalue weighted by atomic mass is 19.4. The predicted octanol–water partition coefficient (Wildman–Crippen LogP) is 4.00. The van der Waals surface area contributed by atoms with E-state index in [4.69, 9.17) is 0 Å². The van der Waals surface area contributed by atoms with E-state index in [1.54, 1.807) is 13.0 Å². The maximum absolute atomic E-state index is 13.4. The van der Waals surface area contributed by atoms with Gasteiger partial charge in [-0.25, -0.2) is 15.0 Å². The molecular weight excluding hydrogens is 421 g/mol. The second-order valence-corrected chi connectivity index (χ2v) is 7.55. The van der Waals surface area contributed by atoms with Gasteiger partial charge < -0.3 is 5.32 Å². The Morgan fingerprint density at radius 3 is 2.41 bits per heavy atom. The SMILES string of the molecule is CC(NC(=O)c1cc(C(F)(F)F)cc(C2(C#N)CC2)c1)c1nccnc1-c1ncccn1. The van der Waals surface area contributed by atoms with Crippen LogP contribution in [0.2, 0.25) is 0 Å². The Balaban J connectivity index is 1.66. The zero-order chi connectivity index (χ0) is 22.9. The van der Waals surface area contributed by atoms with Gasteiger partial charge in [-0.15, -0.1) is 0 Å². The fourth-order valence-electron chi connectivity index (χ4n) is 3.40. The molecule has 0 spiro atoms. The lowest BCUT2D eigenvalue weighted by Crippen LogP contribution is -2.28. The summed E-state index contributed by atoms with van der Waals surface area (Å²) >= 11 is 0. The maximum atomic E-state index is 13.4. The normalized spacial score (nSPS) is 15.5. The minimum Gasteiger partial charge on any atom is -0.344 e. The van der Waals surface area contributed by atoms with Crippen molar-refractivity contribution >= 4 is 5.91 Å². The molecule has 0 aliphatic heterocycles. The number of nitrogens with zero attached hydrogens (tertiary/aromatic N) is 5. The zero-order valence-electron chi connectivity index (χ0n) is 16.9. The summed E-state index contributed by atoms with van der Waals surface area (Å²) in [6, 6.07) is 6.11. The molecule has 1 amide bonds. The summed E-state index contributed by atoms with van der Waals surface area (Å²) in [4.78, 5) is 29.7. The summed E-state index contributed by atoms with van der Waals surface area (Å²) in [5.74, 6) is -0.410. The van der Waals surface area contributed by atoms with Crippen molar-refractivity contribution < 1.29 is 18.0 Å². The van der Waals surface area contributed by atoms with Crippen molar-refractivity contribution in [3.05, 3.63) is 71.4 Å². The Hall–Kier alpha value is -3.87. The minimum atomic E-state index is -4.65. The smallest absolute Gasteiger partial charge is 0.344 e. The van der Waals surface area contributed by atoms with Crippen molar-refractivity contribution in [1.82, 2.24) is 25.3 Å². The predicted molar refractivity (Wildman–Crippen MR) is 107 cm³/mol. The van der Waals surface area contributed by atoms with Crippen LogP contribution in [0.4, 0.5) is 13.2 Å². The number of nitriles is 1. The monoisotopic (exact) mass is 438 g/mol. The third-order valence-corrected chi connectivity index (χ3v) is 5.30. The Morgan fingerprint density at radius 2 is 1.78 bits per heavy atom. The van der Waals surface area contributed by atoms with Crippen molar-refractivity contribution in [2.75, 3.05) is 0 Å². The molecule has 0 bridgehead atoms. The quantitative estimate of drug-likeness (QED) is 0.646. The standard InChI is InChI=1S/C22H17F3N6O/c1-13(17-18(28-8-7-27-17)19-29-5-2-6-30-19)31-20(32)14-9-15(21(12-26)3-4-21)11-16(10-14)22(23,24)25/h2,5-11,13H,3-4H2,1H3,(H,31,32). The molecular formula is C22H17F3N6O. The number of carbonyl (C=O) groups excluding carboxylic acids is 1. The van der Waals surface area contributed by atoms with Crippen LogP contribution >= 0.6 is 0 Å².